The number of hydrazone groups is 1. The van der Waals surface area contributed by atoms with E-state index in [0.717, 1.165) is 18.4 Å². The van der Waals surface area contributed by atoms with Crippen LogP contribution in [0.4, 0.5) is 0 Å². The highest BCUT2D eigenvalue weighted by molar-refractivity contribution is 6.33. The molecular formula is C23H36ClN3O2. The molecule has 1 rings (SSSR count). The quantitative estimate of drug-likeness (QED) is 0.207. The van der Waals surface area contributed by atoms with Crippen LogP contribution in [0.1, 0.15) is 89.5 Å². The van der Waals surface area contributed by atoms with Gasteiger partial charge in [-0.1, -0.05) is 101 Å². The van der Waals surface area contributed by atoms with Crippen LogP contribution >= 0.6 is 11.6 Å². The average molecular weight is 422 g/mol. The minimum Gasteiger partial charge on any atom is -0.347 e. The fourth-order valence-corrected chi connectivity index (χ4v) is 3.19. The fourth-order valence-electron chi connectivity index (χ4n) is 3.01. The molecule has 2 amide bonds. The van der Waals surface area contributed by atoms with Crippen LogP contribution in [0.3, 0.4) is 0 Å². The number of rotatable bonds is 16. The number of hydrogen-bond acceptors (Lipinski definition) is 3. The lowest BCUT2D eigenvalue weighted by Crippen LogP contribution is -2.34. The van der Waals surface area contributed by atoms with Crippen LogP contribution in [0.2, 0.25) is 5.02 Å². The molecule has 1 aromatic rings. The zero-order valence-corrected chi connectivity index (χ0v) is 18.5. The second-order valence-corrected chi connectivity index (χ2v) is 7.78. The van der Waals surface area contributed by atoms with Crippen molar-refractivity contribution >= 4 is 29.6 Å². The highest BCUT2D eigenvalue weighted by Crippen LogP contribution is 2.12. The first kappa shape index (κ1) is 25.2. The molecule has 0 aliphatic rings. The highest BCUT2D eigenvalue weighted by Gasteiger charge is 2.04. The van der Waals surface area contributed by atoms with Gasteiger partial charge >= 0.3 is 0 Å². The molecule has 0 aliphatic carbocycles. The van der Waals surface area contributed by atoms with Crippen molar-refractivity contribution < 1.29 is 9.59 Å². The summed E-state index contributed by atoms with van der Waals surface area (Å²) in [7, 11) is 0. The van der Waals surface area contributed by atoms with Crippen molar-refractivity contribution in [2.75, 3.05) is 6.54 Å². The Hall–Kier alpha value is -1.88. The number of unbranched alkanes of at least 4 members (excludes halogenated alkanes) is 10. The number of halogens is 1. The molecule has 0 aliphatic heterocycles. The van der Waals surface area contributed by atoms with E-state index in [0.29, 0.717) is 11.4 Å². The topological polar surface area (TPSA) is 70.6 Å². The molecule has 0 spiro atoms. The van der Waals surface area contributed by atoms with Gasteiger partial charge in [0.15, 0.2) is 0 Å². The summed E-state index contributed by atoms with van der Waals surface area (Å²) in [6.07, 6.45) is 15.7. The van der Waals surface area contributed by atoms with E-state index in [1.54, 1.807) is 12.1 Å². The van der Waals surface area contributed by atoms with Crippen LogP contribution in [-0.4, -0.2) is 24.6 Å². The van der Waals surface area contributed by atoms with E-state index < -0.39 is 0 Å². The number of nitrogens with one attached hydrogen (secondary N) is 2. The summed E-state index contributed by atoms with van der Waals surface area (Å²) in [4.78, 5) is 23.5. The molecule has 2 N–H and O–H groups in total. The minimum atomic E-state index is -0.361. The van der Waals surface area contributed by atoms with Gasteiger partial charge in [-0.15, -0.1) is 0 Å². The predicted molar refractivity (Wildman–Crippen MR) is 121 cm³/mol. The third kappa shape index (κ3) is 13.9. The molecule has 0 fully saturated rings. The summed E-state index contributed by atoms with van der Waals surface area (Å²) in [6.45, 7) is 2.17. The smallest absolute Gasteiger partial charge is 0.259 e. The number of nitrogens with zero attached hydrogens (tertiary/aromatic N) is 1. The first-order chi connectivity index (χ1) is 14.1. The monoisotopic (exact) mass is 421 g/mol. The number of carbonyl (C=O) groups is 2. The van der Waals surface area contributed by atoms with Gasteiger partial charge in [0.1, 0.15) is 0 Å². The largest absolute Gasteiger partial charge is 0.347 e. The lowest BCUT2D eigenvalue weighted by Gasteiger charge is -2.05. The number of benzene rings is 1. The summed E-state index contributed by atoms with van der Waals surface area (Å²) in [6, 6.07) is 7.21. The van der Waals surface area contributed by atoms with Gasteiger partial charge in [-0.05, 0) is 12.5 Å². The van der Waals surface area contributed by atoms with Crippen molar-refractivity contribution in [2.24, 2.45) is 5.10 Å². The van der Waals surface area contributed by atoms with Crippen molar-refractivity contribution in [3.63, 3.8) is 0 Å². The van der Waals surface area contributed by atoms with E-state index in [9.17, 15) is 9.59 Å². The number of amides is 2. The van der Waals surface area contributed by atoms with Gasteiger partial charge in [0.25, 0.3) is 5.91 Å². The van der Waals surface area contributed by atoms with Gasteiger partial charge in [0.05, 0.1) is 12.8 Å². The maximum Gasteiger partial charge on any atom is 0.259 e. The standard InChI is InChI=1S/C23H36ClN3O2/c1-2-3-4-5-6-7-8-9-10-11-12-17-22(28)25-19-23(29)27-26-18-20-15-13-14-16-21(20)24/h13-16,18H,2-12,17,19H2,1H3,(H,25,28)(H,27,29). The SMILES string of the molecule is CCCCCCCCCCCCCC(=O)NCC(=O)NN=Cc1ccccc1Cl. The average Bonchev–Trinajstić information content (AvgIpc) is 2.72. The molecule has 6 heteroatoms. The Morgan fingerprint density at radius 3 is 2.10 bits per heavy atom. The van der Waals surface area contributed by atoms with Crippen LogP contribution in [0, 0.1) is 0 Å². The molecule has 0 radical (unpaired) electrons. The van der Waals surface area contributed by atoms with Gasteiger partial charge in [0, 0.05) is 17.0 Å². The van der Waals surface area contributed by atoms with E-state index >= 15 is 0 Å². The molecule has 5 nitrogen and oxygen atoms in total. The van der Waals surface area contributed by atoms with Crippen molar-refractivity contribution in [3.8, 4) is 0 Å². The molecular weight excluding hydrogens is 386 g/mol. The van der Waals surface area contributed by atoms with Gasteiger partial charge < -0.3 is 5.32 Å². The van der Waals surface area contributed by atoms with Crippen molar-refractivity contribution in [1.29, 1.82) is 0 Å². The second kappa shape index (κ2) is 17.0. The zero-order chi connectivity index (χ0) is 21.2. The lowest BCUT2D eigenvalue weighted by atomic mass is 10.1. The van der Waals surface area contributed by atoms with Crippen LogP contribution in [0.15, 0.2) is 29.4 Å². The Bertz CT molecular complexity index is 620. The Labute approximate surface area is 180 Å². The Kier molecular flexibility index (Phi) is 14.8. The summed E-state index contributed by atoms with van der Waals surface area (Å²) in [5.74, 6) is -0.452. The van der Waals surface area contributed by atoms with E-state index in [2.05, 4.69) is 22.8 Å². The van der Waals surface area contributed by atoms with Crippen molar-refractivity contribution in [3.05, 3.63) is 34.9 Å². The van der Waals surface area contributed by atoms with Gasteiger partial charge in [-0.2, -0.15) is 5.10 Å². The molecule has 162 valence electrons. The van der Waals surface area contributed by atoms with Crippen molar-refractivity contribution in [2.45, 2.75) is 84.0 Å². The molecule has 0 heterocycles. The van der Waals surface area contributed by atoms with Crippen molar-refractivity contribution in [1.82, 2.24) is 10.7 Å². The summed E-state index contributed by atoms with van der Waals surface area (Å²) in [5.41, 5.74) is 3.10. The van der Waals surface area contributed by atoms with E-state index in [4.69, 9.17) is 11.6 Å². The summed E-state index contributed by atoms with van der Waals surface area (Å²) >= 11 is 6.00. The molecule has 29 heavy (non-hydrogen) atoms. The summed E-state index contributed by atoms with van der Waals surface area (Å²) < 4.78 is 0. The third-order valence-electron chi connectivity index (χ3n) is 4.75. The van der Waals surface area contributed by atoms with E-state index in [1.165, 1.54) is 64.0 Å². The molecule has 0 saturated carbocycles. The maximum atomic E-state index is 11.8. The van der Waals surface area contributed by atoms with E-state index in [1.807, 2.05) is 12.1 Å². The Balaban J connectivity index is 1.97. The number of hydrogen-bond donors (Lipinski definition) is 2. The Morgan fingerprint density at radius 1 is 0.897 bits per heavy atom. The first-order valence-electron chi connectivity index (χ1n) is 11.0. The third-order valence-corrected chi connectivity index (χ3v) is 5.10. The second-order valence-electron chi connectivity index (χ2n) is 7.38. The number of carbonyl (C=O) groups excluding carboxylic acids is 2. The molecule has 0 bridgehead atoms. The van der Waals surface area contributed by atoms with Gasteiger partial charge in [0.2, 0.25) is 5.91 Å². The van der Waals surface area contributed by atoms with Crippen LogP contribution in [0.5, 0.6) is 0 Å². The minimum absolute atomic E-state index is 0.0727. The zero-order valence-electron chi connectivity index (χ0n) is 17.7. The van der Waals surface area contributed by atoms with Crippen LogP contribution < -0.4 is 10.7 Å². The first-order valence-corrected chi connectivity index (χ1v) is 11.3. The maximum absolute atomic E-state index is 11.8. The van der Waals surface area contributed by atoms with E-state index in [-0.39, 0.29) is 18.4 Å². The van der Waals surface area contributed by atoms with Crippen LogP contribution in [-0.2, 0) is 9.59 Å². The fraction of sp³-hybridized carbons (Fsp3) is 0.609. The predicted octanol–water partition coefficient (Wildman–Crippen LogP) is 5.61. The molecule has 0 aromatic heterocycles. The molecule has 0 unspecified atom stereocenters. The summed E-state index contributed by atoms with van der Waals surface area (Å²) in [5, 5.41) is 7.04. The van der Waals surface area contributed by atoms with Crippen LogP contribution in [0.25, 0.3) is 0 Å². The molecule has 0 atom stereocenters. The Morgan fingerprint density at radius 2 is 1.48 bits per heavy atom. The van der Waals surface area contributed by atoms with Gasteiger partial charge in [-0.25, -0.2) is 5.43 Å². The molecule has 0 saturated heterocycles. The normalized spacial score (nSPS) is 11.0. The highest BCUT2D eigenvalue weighted by atomic mass is 35.5. The molecule has 1 aromatic carbocycles. The lowest BCUT2D eigenvalue weighted by molar-refractivity contribution is -0.126. The van der Waals surface area contributed by atoms with Gasteiger partial charge in [-0.3, -0.25) is 9.59 Å².